The lowest BCUT2D eigenvalue weighted by molar-refractivity contribution is -0.143. The van der Waals surface area contributed by atoms with Crippen LogP contribution in [0.1, 0.15) is 37.4 Å². The lowest BCUT2D eigenvalue weighted by atomic mass is 9.98. The average molecular weight is 531 g/mol. The Morgan fingerprint density at radius 2 is 1.78 bits per heavy atom. The first-order valence-electron chi connectivity index (χ1n) is 12.3. The molecule has 1 fully saturated rings. The van der Waals surface area contributed by atoms with E-state index in [-0.39, 0.29) is 30.3 Å². The maximum Gasteiger partial charge on any atom is 0.262 e. The van der Waals surface area contributed by atoms with Crippen LogP contribution in [-0.2, 0) is 14.3 Å². The minimum absolute atomic E-state index is 0.0370. The molecule has 2 aromatic rings. The molecular weight excluding hydrogens is 499 g/mol. The van der Waals surface area contributed by atoms with Gasteiger partial charge in [-0.05, 0) is 23.8 Å². The van der Waals surface area contributed by atoms with E-state index in [1.165, 1.54) is 5.01 Å². The molecule has 0 spiro atoms. The molecule has 0 aromatic heterocycles. The molecule has 0 N–H and O–H groups in total. The number of rotatable bonds is 8. The van der Waals surface area contributed by atoms with Crippen LogP contribution in [0.15, 0.2) is 53.6 Å². The van der Waals surface area contributed by atoms with E-state index in [1.807, 2.05) is 62.4 Å². The van der Waals surface area contributed by atoms with Crippen LogP contribution in [0.3, 0.4) is 0 Å². The first kappa shape index (κ1) is 26.6. The van der Waals surface area contributed by atoms with E-state index in [0.717, 1.165) is 29.9 Å². The van der Waals surface area contributed by atoms with Gasteiger partial charge in [-0.2, -0.15) is 5.10 Å². The van der Waals surface area contributed by atoms with Gasteiger partial charge in [0.25, 0.3) is 5.91 Å². The first-order chi connectivity index (χ1) is 17.3. The lowest BCUT2D eigenvalue weighted by Gasteiger charge is -2.31. The van der Waals surface area contributed by atoms with E-state index < -0.39 is 0 Å². The highest BCUT2D eigenvalue weighted by atomic mass is 35.5. The summed E-state index contributed by atoms with van der Waals surface area (Å²) in [6, 6.07) is 14.6. The van der Waals surface area contributed by atoms with Crippen molar-refractivity contribution >= 4 is 40.7 Å². The fourth-order valence-corrected chi connectivity index (χ4v) is 4.87. The maximum atomic E-state index is 13.7. The topological polar surface area (TPSA) is 65.5 Å². The van der Waals surface area contributed by atoms with Gasteiger partial charge in [-0.3, -0.25) is 14.5 Å². The molecule has 0 bridgehead atoms. The van der Waals surface area contributed by atoms with Crippen molar-refractivity contribution in [3.05, 3.63) is 69.7 Å². The molecule has 2 aliphatic heterocycles. The lowest BCUT2D eigenvalue weighted by Crippen LogP contribution is -2.47. The maximum absolute atomic E-state index is 13.7. The zero-order valence-electron chi connectivity index (χ0n) is 20.7. The number of halogens is 2. The highest BCUT2D eigenvalue weighted by Gasteiger charge is 2.35. The van der Waals surface area contributed by atoms with Crippen molar-refractivity contribution in [3.8, 4) is 0 Å². The molecule has 4 rings (SSSR count). The molecule has 36 heavy (non-hydrogen) atoms. The summed E-state index contributed by atoms with van der Waals surface area (Å²) >= 11 is 12.6. The number of hydrogen-bond donors (Lipinski definition) is 0. The van der Waals surface area contributed by atoms with E-state index in [2.05, 4.69) is 4.90 Å². The summed E-state index contributed by atoms with van der Waals surface area (Å²) in [7, 11) is 0. The molecule has 0 saturated carbocycles. The van der Waals surface area contributed by atoms with Crippen molar-refractivity contribution in [2.24, 2.45) is 11.0 Å². The zero-order valence-corrected chi connectivity index (χ0v) is 22.2. The van der Waals surface area contributed by atoms with Crippen LogP contribution >= 0.6 is 23.2 Å². The number of amides is 2. The Bertz CT molecular complexity index is 1100. The average Bonchev–Trinajstić information content (AvgIpc) is 3.32. The van der Waals surface area contributed by atoms with Gasteiger partial charge in [0.1, 0.15) is 6.54 Å². The van der Waals surface area contributed by atoms with Gasteiger partial charge in [-0.15, -0.1) is 0 Å². The fraction of sp³-hybridized carbons (Fsp3) is 0.444. The quantitative estimate of drug-likeness (QED) is 0.504. The third-order valence-corrected chi connectivity index (χ3v) is 7.11. The van der Waals surface area contributed by atoms with Crippen LogP contribution in [0, 0.1) is 5.92 Å². The van der Waals surface area contributed by atoms with Crippen LogP contribution in [0.2, 0.25) is 10.0 Å². The molecule has 2 heterocycles. The molecule has 2 amide bonds. The molecule has 2 aromatic carbocycles. The Balaban J connectivity index is 1.57. The Hall–Kier alpha value is -2.45. The second-order valence-electron chi connectivity index (χ2n) is 9.40. The molecule has 7 nitrogen and oxygen atoms in total. The highest BCUT2D eigenvalue weighted by molar-refractivity contribution is 6.34. The van der Waals surface area contributed by atoms with Crippen molar-refractivity contribution in [1.29, 1.82) is 0 Å². The minimum Gasteiger partial charge on any atom is -0.379 e. The summed E-state index contributed by atoms with van der Waals surface area (Å²) < 4.78 is 5.42. The Kier molecular flexibility index (Phi) is 9.01. The predicted molar refractivity (Wildman–Crippen MR) is 142 cm³/mol. The van der Waals surface area contributed by atoms with Crippen molar-refractivity contribution in [2.75, 3.05) is 45.9 Å². The van der Waals surface area contributed by atoms with Crippen molar-refractivity contribution in [3.63, 3.8) is 0 Å². The third-order valence-electron chi connectivity index (χ3n) is 6.53. The van der Waals surface area contributed by atoms with E-state index in [1.54, 1.807) is 4.90 Å². The van der Waals surface area contributed by atoms with Gasteiger partial charge < -0.3 is 9.64 Å². The van der Waals surface area contributed by atoms with E-state index in [0.29, 0.717) is 42.8 Å². The normalized spacial score (nSPS) is 18.4. The molecule has 1 unspecified atom stereocenters. The third kappa shape index (κ3) is 6.45. The summed E-state index contributed by atoms with van der Waals surface area (Å²) in [6.07, 6.45) is 0.517. The highest BCUT2D eigenvalue weighted by Crippen LogP contribution is 2.35. The summed E-state index contributed by atoms with van der Waals surface area (Å²) in [5, 5.41) is 7.45. The van der Waals surface area contributed by atoms with Crippen molar-refractivity contribution < 1.29 is 14.3 Å². The van der Waals surface area contributed by atoms with Crippen molar-refractivity contribution in [1.82, 2.24) is 14.8 Å². The molecule has 9 heteroatoms. The monoisotopic (exact) mass is 530 g/mol. The van der Waals surface area contributed by atoms with Crippen LogP contribution in [-0.4, -0.2) is 78.3 Å². The first-order valence-corrected chi connectivity index (χ1v) is 13.1. The van der Waals surface area contributed by atoms with E-state index >= 15 is 0 Å². The number of ether oxygens (including phenoxy) is 1. The number of benzene rings is 2. The van der Waals surface area contributed by atoms with Gasteiger partial charge in [0, 0.05) is 54.1 Å². The molecule has 192 valence electrons. The van der Waals surface area contributed by atoms with Gasteiger partial charge in [-0.1, -0.05) is 67.4 Å². The van der Waals surface area contributed by atoms with E-state index in [4.69, 9.17) is 33.0 Å². The minimum atomic E-state index is -0.309. The summed E-state index contributed by atoms with van der Waals surface area (Å²) in [5.41, 5.74) is 2.47. The van der Waals surface area contributed by atoms with Gasteiger partial charge in [0.05, 0.1) is 25.0 Å². The Morgan fingerprint density at radius 1 is 1.08 bits per heavy atom. The summed E-state index contributed by atoms with van der Waals surface area (Å²) in [6.45, 7) is 7.88. The molecular formula is C27H32Cl2N4O3. The summed E-state index contributed by atoms with van der Waals surface area (Å²) in [4.78, 5) is 30.6. The largest absolute Gasteiger partial charge is 0.379 e. The van der Waals surface area contributed by atoms with Crippen LogP contribution in [0.25, 0.3) is 0 Å². The fourth-order valence-electron chi connectivity index (χ4n) is 4.50. The Morgan fingerprint density at radius 3 is 2.44 bits per heavy atom. The predicted octanol–water partition coefficient (Wildman–Crippen LogP) is 4.49. The van der Waals surface area contributed by atoms with Gasteiger partial charge in [0.15, 0.2) is 0 Å². The molecule has 2 aliphatic rings. The Labute approximate surface area is 222 Å². The van der Waals surface area contributed by atoms with Gasteiger partial charge >= 0.3 is 0 Å². The number of carbonyl (C=O) groups excluding carboxylic acids is 2. The number of hydrazone groups is 1. The van der Waals surface area contributed by atoms with E-state index in [9.17, 15) is 9.59 Å². The van der Waals surface area contributed by atoms with Crippen LogP contribution < -0.4 is 0 Å². The number of morpholine rings is 1. The van der Waals surface area contributed by atoms with Crippen LogP contribution in [0.4, 0.5) is 0 Å². The van der Waals surface area contributed by atoms with Crippen LogP contribution in [0.5, 0.6) is 0 Å². The smallest absolute Gasteiger partial charge is 0.262 e. The molecule has 1 atom stereocenters. The zero-order chi connectivity index (χ0) is 25.7. The molecule has 0 aliphatic carbocycles. The van der Waals surface area contributed by atoms with Crippen molar-refractivity contribution in [2.45, 2.75) is 26.3 Å². The number of hydrogen-bond acceptors (Lipinski definition) is 5. The molecule has 1 saturated heterocycles. The second-order valence-corrected chi connectivity index (χ2v) is 10.2. The second kappa shape index (κ2) is 12.2. The number of nitrogens with zero attached hydrogens (tertiary/aromatic N) is 4. The van der Waals surface area contributed by atoms with Gasteiger partial charge in [-0.25, -0.2) is 5.01 Å². The summed E-state index contributed by atoms with van der Waals surface area (Å²) in [5.74, 6) is -0.488. The SMILES string of the molecule is CC(C)C(=O)N(CCN1CCOCC1)CC(=O)N1N=C(c2ccccc2Cl)CC1c1ccc(Cl)cc1. The molecule has 0 radical (unpaired) electrons. The number of carbonyl (C=O) groups is 2. The standard InChI is InChI=1S/C27H32Cl2N4O3/c1-19(2)27(35)32(12-11-31-13-15-36-16-14-31)18-26(34)33-25(20-7-9-21(28)10-8-20)17-24(30-33)22-5-3-4-6-23(22)29/h3-10,19,25H,11-18H2,1-2H3. The van der Waals surface area contributed by atoms with Gasteiger partial charge in [0.2, 0.25) is 5.91 Å².